The molecule has 9 aromatic rings. The van der Waals surface area contributed by atoms with Gasteiger partial charge in [0.15, 0.2) is 0 Å². The molecule has 0 radical (unpaired) electrons. The Morgan fingerprint density at radius 3 is 1.37 bits per heavy atom. The molecule has 1 unspecified atom stereocenters. The Labute approximate surface area is 352 Å². The summed E-state index contributed by atoms with van der Waals surface area (Å²) < 4.78 is 0. The van der Waals surface area contributed by atoms with Gasteiger partial charge in [-0.15, -0.1) is 0 Å². The van der Waals surface area contributed by atoms with E-state index >= 15 is 0 Å². The first-order valence-corrected chi connectivity index (χ1v) is 21.2. The SMILES string of the molecule is CN(c1ccc(-c2cccc3c2-c2ccccc2C3(C)C)cc1)c1ccc(-c2cccc3c2-c2ccccc2C32c3ccccc3-c3ccc(-c4ccccc4)cc32)cc1. The van der Waals surface area contributed by atoms with Crippen LogP contribution < -0.4 is 4.90 Å². The number of anilines is 2. The van der Waals surface area contributed by atoms with Crippen LogP contribution in [0.1, 0.15) is 47.2 Å². The highest BCUT2D eigenvalue weighted by Crippen LogP contribution is 2.64. The van der Waals surface area contributed by atoms with Gasteiger partial charge in [0.25, 0.3) is 0 Å². The van der Waals surface area contributed by atoms with Crippen molar-refractivity contribution in [3.8, 4) is 66.8 Å². The Kier molecular flexibility index (Phi) is 7.47. The molecule has 0 bridgehead atoms. The van der Waals surface area contributed by atoms with E-state index in [9.17, 15) is 0 Å². The van der Waals surface area contributed by atoms with Crippen molar-refractivity contribution in [3.63, 3.8) is 0 Å². The molecule has 1 nitrogen and oxygen atoms in total. The van der Waals surface area contributed by atoms with E-state index in [4.69, 9.17) is 0 Å². The largest absolute Gasteiger partial charge is 0.345 e. The van der Waals surface area contributed by atoms with Gasteiger partial charge in [-0.2, -0.15) is 0 Å². The van der Waals surface area contributed by atoms with Gasteiger partial charge in [-0.1, -0.05) is 190 Å². The molecule has 0 amide bonds. The molecule has 0 N–H and O–H groups in total. The van der Waals surface area contributed by atoms with Crippen molar-refractivity contribution in [1.82, 2.24) is 0 Å². The second-order valence-corrected chi connectivity index (χ2v) is 17.2. The van der Waals surface area contributed by atoms with Crippen molar-refractivity contribution in [2.45, 2.75) is 24.7 Å². The van der Waals surface area contributed by atoms with Crippen LogP contribution in [0.2, 0.25) is 0 Å². The van der Waals surface area contributed by atoms with Crippen molar-refractivity contribution in [3.05, 3.63) is 240 Å². The van der Waals surface area contributed by atoms with Gasteiger partial charge in [-0.25, -0.2) is 0 Å². The number of benzene rings is 9. The van der Waals surface area contributed by atoms with E-state index in [0.717, 1.165) is 11.4 Å². The monoisotopic (exact) mass is 765 g/mol. The summed E-state index contributed by atoms with van der Waals surface area (Å²) in [5.74, 6) is 0. The van der Waals surface area contributed by atoms with Crippen LogP contribution >= 0.6 is 0 Å². The first-order valence-electron chi connectivity index (χ1n) is 21.2. The summed E-state index contributed by atoms with van der Waals surface area (Å²) in [5, 5.41) is 0. The van der Waals surface area contributed by atoms with Crippen LogP contribution in [-0.2, 0) is 10.8 Å². The van der Waals surface area contributed by atoms with Crippen LogP contribution in [-0.4, -0.2) is 7.05 Å². The minimum atomic E-state index is -0.412. The van der Waals surface area contributed by atoms with Gasteiger partial charge in [0.1, 0.15) is 0 Å². The Balaban J connectivity index is 0.920. The van der Waals surface area contributed by atoms with E-state index in [0.29, 0.717) is 0 Å². The van der Waals surface area contributed by atoms with Gasteiger partial charge in [0, 0.05) is 23.8 Å². The zero-order valence-electron chi connectivity index (χ0n) is 34.1. The van der Waals surface area contributed by atoms with Crippen molar-refractivity contribution < 1.29 is 0 Å². The summed E-state index contributed by atoms with van der Waals surface area (Å²) in [7, 11) is 2.17. The highest BCUT2D eigenvalue weighted by molar-refractivity contribution is 6.00. The molecule has 0 saturated carbocycles. The van der Waals surface area contributed by atoms with E-state index in [-0.39, 0.29) is 5.41 Å². The van der Waals surface area contributed by atoms with E-state index in [1.165, 1.54) is 100 Å². The van der Waals surface area contributed by atoms with Crippen LogP contribution in [0.3, 0.4) is 0 Å². The van der Waals surface area contributed by atoms with Crippen LogP contribution in [0.5, 0.6) is 0 Å². The second kappa shape index (κ2) is 12.9. The van der Waals surface area contributed by atoms with Crippen LogP contribution in [0.15, 0.2) is 206 Å². The van der Waals surface area contributed by atoms with Crippen molar-refractivity contribution in [1.29, 1.82) is 0 Å². The summed E-state index contributed by atoms with van der Waals surface area (Å²) in [6, 6.07) is 77.0. The highest BCUT2D eigenvalue weighted by atomic mass is 15.1. The zero-order valence-corrected chi connectivity index (χ0v) is 34.1. The van der Waals surface area contributed by atoms with E-state index in [1.807, 2.05) is 0 Å². The van der Waals surface area contributed by atoms with Gasteiger partial charge < -0.3 is 4.90 Å². The molecule has 0 fully saturated rings. The lowest BCUT2D eigenvalue weighted by molar-refractivity contribution is 0.660. The molecule has 284 valence electrons. The normalized spacial score (nSPS) is 15.8. The van der Waals surface area contributed by atoms with Gasteiger partial charge in [0.2, 0.25) is 0 Å². The Morgan fingerprint density at radius 2 is 0.733 bits per heavy atom. The van der Waals surface area contributed by atoms with Crippen molar-refractivity contribution in [2.24, 2.45) is 0 Å². The third-order valence-corrected chi connectivity index (χ3v) is 14.0. The molecule has 60 heavy (non-hydrogen) atoms. The van der Waals surface area contributed by atoms with E-state index < -0.39 is 5.41 Å². The lowest BCUT2D eigenvalue weighted by Gasteiger charge is -2.31. The molecule has 3 aliphatic rings. The predicted molar refractivity (Wildman–Crippen MR) is 251 cm³/mol. The van der Waals surface area contributed by atoms with Gasteiger partial charge in [-0.05, 0) is 130 Å². The second-order valence-electron chi connectivity index (χ2n) is 17.2. The van der Waals surface area contributed by atoms with Crippen LogP contribution in [0, 0.1) is 0 Å². The molecule has 9 aromatic carbocycles. The first-order chi connectivity index (χ1) is 29.4. The summed E-state index contributed by atoms with van der Waals surface area (Å²) in [6.45, 7) is 4.70. The van der Waals surface area contributed by atoms with E-state index in [1.54, 1.807) is 0 Å². The zero-order chi connectivity index (χ0) is 40.2. The fourth-order valence-electron chi connectivity index (χ4n) is 11.1. The highest BCUT2D eigenvalue weighted by Gasteiger charge is 2.52. The van der Waals surface area contributed by atoms with Crippen LogP contribution in [0.25, 0.3) is 66.8 Å². The third-order valence-electron chi connectivity index (χ3n) is 14.0. The van der Waals surface area contributed by atoms with Crippen molar-refractivity contribution >= 4 is 11.4 Å². The maximum absolute atomic E-state index is 2.46. The fourth-order valence-corrected chi connectivity index (χ4v) is 11.1. The number of hydrogen-bond acceptors (Lipinski definition) is 1. The van der Waals surface area contributed by atoms with Gasteiger partial charge in [-0.3, -0.25) is 0 Å². The topological polar surface area (TPSA) is 3.24 Å². The molecule has 1 heteroatoms. The average Bonchev–Trinajstić information content (AvgIpc) is 3.87. The summed E-state index contributed by atoms with van der Waals surface area (Å²) in [4.78, 5) is 2.29. The fraction of sp³-hybridized carbons (Fsp3) is 0.0847. The smallest absolute Gasteiger partial charge is 0.0725 e. The number of nitrogens with zero attached hydrogens (tertiary/aromatic N) is 1. The quantitative estimate of drug-likeness (QED) is 0.169. The molecule has 0 heterocycles. The van der Waals surface area contributed by atoms with Gasteiger partial charge in [0.05, 0.1) is 5.41 Å². The summed E-state index contributed by atoms with van der Waals surface area (Å²) in [6.07, 6.45) is 0. The Morgan fingerprint density at radius 1 is 0.300 bits per heavy atom. The van der Waals surface area contributed by atoms with E-state index in [2.05, 4.69) is 232 Å². The molecule has 0 aliphatic heterocycles. The summed E-state index contributed by atoms with van der Waals surface area (Å²) >= 11 is 0. The minimum Gasteiger partial charge on any atom is -0.345 e. The lowest BCUT2D eigenvalue weighted by Crippen LogP contribution is -2.25. The molecule has 1 spiro atoms. The summed E-state index contributed by atoms with van der Waals surface area (Å²) in [5.41, 5.74) is 25.6. The number of fused-ring (bicyclic) bond motifs is 13. The number of rotatable bonds is 5. The first kappa shape index (κ1) is 34.8. The molecular weight excluding hydrogens is 723 g/mol. The molecule has 12 rings (SSSR count). The Bertz CT molecular complexity index is 3170. The molecular formula is C59H43N. The molecule has 0 saturated heterocycles. The van der Waals surface area contributed by atoms with Gasteiger partial charge >= 0.3 is 0 Å². The molecule has 0 aromatic heterocycles. The standard InChI is InChI=1S/C59H43N/c1-58(2)50-22-10-8-18-48(50)56-44(20-13-25-53(56)58)39-27-32-42(33-28-39)60(3)43-34-29-40(30-35-43)45-21-14-26-54-57(45)49-19-9-12-24-52(49)59(54)51-23-11-7-17-46(51)47-36-31-41(37-55(47)59)38-15-5-4-6-16-38/h4-37H,1-3H3. The average molecular weight is 766 g/mol. The molecule has 1 atom stereocenters. The maximum atomic E-state index is 2.46. The Hall–Kier alpha value is -7.22. The van der Waals surface area contributed by atoms with Crippen molar-refractivity contribution in [2.75, 3.05) is 11.9 Å². The third kappa shape index (κ3) is 4.75. The minimum absolute atomic E-state index is 0.0150. The van der Waals surface area contributed by atoms with Crippen LogP contribution in [0.4, 0.5) is 11.4 Å². The number of hydrogen-bond donors (Lipinski definition) is 0. The maximum Gasteiger partial charge on any atom is 0.0725 e. The predicted octanol–water partition coefficient (Wildman–Crippen LogP) is 15.1. The lowest BCUT2D eigenvalue weighted by atomic mass is 9.70. The molecule has 3 aliphatic carbocycles.